The summed E-state index contributed by atoms with van der Waals surface area (Å²) in [4.78, 5) is 21.4. The van der Waals surface area contributed by atoms with Crippen LogP contribution in [0.5, 0.6) is 0 Å². The topological polar surface area (TPSA) is 84.6 Å². The molecule has 0 radical (unpaired) electrons. The van der Waals surface area contributed by atoms with Crippen molar-refractivity contribution in [3.05, 3.63) is 0 Å². The zero-order valence-corrected chi connectivity index (χ0v) is 10.0. The molecule has 90 valence electrons. The zero-order valence-electron chi connectivity index (χ0n) is 10.0. The fourth-order valence-electron chi connectivity index (χ4n) is 2.38. The molecule has 5 nitrogen and oxygen atoms in total. The largest absolute Gasteiger partial charge is 0.361 e. The van der Waals surface area contributed by atoms with Crippen LogP contribution in [0, 0.1) is 11.3 Å². The number of carbonyl (C=O) groups is 2. The molecule has 16 heavy (non-hydrogen) atoms. The van der Waals surface area contributed by atoms with Crippen molar-refractivity contribution in [3.8, 4) is 0 Å². The number of rotatable bonds is 1. The smallest absolute Gasteiger partial charge is 0.329 e. The van der Waals surface area contributed by atoms with E-state index in [0.717, 1.165) is 25.0 Å². The van der Waals surface area contributed by atoms with E-state index in [4.69, 9.17) is 5.73 Å². The molecule has 0 bridgehead atoms. The van der Waals surface area contributed by atoms with Gasteiger partial charge in [0, 0.05) is 5.71 Å². The van der Waals surface area contributed by atoms with Crippen LogP contribution < -0.4 is 11.2 Å². The summed E-state index contributed by atoms with van der Waals surface area (Å²) >= 11 is 0. The lowest BCUT2D eigenvalue weighted by molar-refractivity contribution is -0.137. The first-order valence-corrected chi connectivity index (χ1v) is 5.45. The van der Waals surface area contributed by atoms with Crippen molar-refractivity contribution < 1.29 is 9.59 Å². The number of nitrogens with two attached hydrogens (primary N) is 1. The third kappa shape index (κ3) is 3.64. The summed E-state index contributed by atoms with van der Waals surface area (Å²) in [6.07, 6.45) is 2.86. The molecule has 0 heterocycles. The van der Waals surface area contributed by atoms with Crippen molar-refractivity contribution in [1.82, 2.24) is 5.43 Å². The quantitative estimate of drug-likeness (QED) is 0.510. The summed E-state index contributed by atoms with van der Waals surface area (Å²) in [5, 5.41) is 3.97. The Morgan fingerprint density at radius 2 is 2.12 bits per heavy atom. The number of carbonyl (C=O) groups excluding carboxylic acids is 2. The maximum Gasteiger partial charge on any atom is 0.329 e. The van der Waals surface area contributed by atoms with E-state index in [1.54, 1.807) is 0 Å². The van der Waals surface area contributed by atoms with Gasteiger partial charge in [-0.2, -0.15) is 5.10 Å². The highest BCUT2D eigenvalue weighted by molar-refractivity contribution is 6.34. The van der Waals surface area contributed by atoms with Crippen molar-refractivity contribution in [2.75, 3.05) is 0 Å². The van der Waals surface area contributed by atoms with Crippen molar-refractivity contribution in [2.45, 2.75) is 40.0 Å². The van der Waals surface area contributed by atoms with Crippen molar-refractivity contribution in [2.24, 2.45) is 22.2 Å². The number of hydrazone groups is 1. The number of nitrogens with one attached hydrogen (secondary N) is 1. The van der Waals surface area contributed by atoms with E-state index < -0.39 is 11.8 Å². The molecular formula is C11H19N3O2. The molecule has 0 unspecified atom stereocenters. The van der Waals surface area contributed by atoms with Crippen LogP contribution in [0.25, 0.3) is 0 Å². The van der Waals surface area contributed by atoms with Gasteiger partial charge in [-0.1, -0.05) is 20.8 Å². The molecule has 0 spiro atoms. The molecule has 1 aliphatic carbocycles. The molecule has 0 saturated heterocycles. The molecule has 0 aliphatic heterocycles. The summed E-state index contributed by atoms with van der Waals surface area (Å²) in [7, 11) is 0. The summed E-state index contributed by atoms with van der Waals surface area (Å²) in [6.45, 7) is 6.51. The molecule has 0 aromatic heterocycles. The lowest BCUT2D eigenvalue weighted by Gasteiger charge is -2.34. The molecular weight excluding hydrogens is 206 g/mol. The van der Waals surface area contributed by atoms with Crippen molar-refractivity contribution >= 4 is 17.5 Å². The van der Waals surface area contributed by atoms with Crippen LogP contribution in [0.15, 0.2) is 5.10 Å². The van der Waals surface area contributed by atoms with Gasteiger partial charge in [0.25, 0.3) is 0 Å². The second-order valence-corrected chi connectivity index (χ2v) is 5.34. The Balaban J connectivity index is 2.62. The van der Waals surface area contributed by atoms with Crippen molar-refractivity contribution in [3.63, 3.8) is 0 Å². The van der Waals surface area contributed by atoms with Gasteiger partial charge < -0.3 is 5.73 Å². The molecule has 1 atom stereocenters. The van der Waals surface area contributed by atoms with E-state index in [9.17, 15) is 9.59 Å². The highest BCUT2D eigenvalue weighted by Crippen LogP contribution is 2.36. The second kappa shape index (κ2) is 4.63. The Bertz CT molecular complexity index is 334. The van der Waals surface area contributed by atoms with Gasteiger partial charge in [-0.15, -0.1) is 0 Å². The molecule has 0 aromatic rings. The Morgan fingerprint density at radius 1 is 1.50 bits per heavy atom. The van der Waals surface area contributed by atoms with Gasteiger partial charge in [-0.3, -0.25) is 9.59 Å². The third-order valence-corrected chi connectivity index (χ3v) is 2.71. The molecule has 1 aliphatic rings. The number of hydrogen-bond acceptors (Lipinski definition) is 3. The average Bonchev–Trinajstić information content (AvgIpc) is 2.10. The lowest BCUT2D eigenvalue weighted by Crippen LogP contribution is -2.35. The van der Waals surface area contributed by atoms with Gasteiger partial charge in [0.05, 0.1) is 0 Å². The van der Waals surface area contributed by atoms with Crippen LogP contribution in [0.3, 0.4) is 0 Å². The van der Waals surface area contributed by atoms with Crippen LogP contribution in [-0.4, -0.2) is 17.5 Å². The van der Waals surface area contributed by atoms with Gasteiger partial charge in [-0.05, 0) is 30.6 Å². The Labute approximate surface area is 95.5 Å². The van der Waals surface area contributed by atoms with Crippen molar-refractivity contribution in [1.29, 1.82) is 0 Å². The summed E-state index contributed by atoms with van der Waals surface area (Å²) in [5.41, 5.74) is 8.13. The van der Waals surface area contributed by atoms with Crippen LogP contribution in [0.2, 0.25) is 0 Å². The highest BCUT2D eigenvalue weighted by Gasteiger charge is 2.29. The van der Waals surface area contributed by atoms with E-state index >= 15 is 0 Å². The summed E-state index contributed by atoms with van der Waals surface area (Å²) in [6, 6.07) is 0. The molecule has 2 amide bonds. The fraction of sp³-hybridized carbons (Fsp3) is 0.727. The minimum absolute atomic E-state index is 0.202. The van der Waals surface area contributed by atoms with Crippen LogP contribution in [0.1, 0.15) is 40.0 Å². The monoisotopic (exact) mass is 225 g/mol. The van der Waals surface area contributed by atoms with E-state index in [1.165, 1.54) is 0 Å². The van der Waals surface area contributed by atoms with E-state index in [0.29, 0.717) is 5.92 Å². The maximum atomic E-state index is 10.9. The van der Waals surface area contributed by atoms with Gasteiger partial charge in [-0.25, -0.2) is 5.43 Å². The molecule has 0 aromatic carbocycles. The number of primary amides is 1. The minimum Gasteiger partial charge on any atom is -0.361 e. The lowest BCUT2D eigenvalue weighted by atomic mass is 9.72. The fourth-order valence-corrected chi connectivity index (χ4v) is 2.38. The minimum atomic E-state index is -1.01. The van der Waals surface area contributed by atoms with Crippen LogP contribution >= 0.6 is 0 Å². The normalized spacial score (nSPS) is 26.4. The van der Waals surface area contributed by atoms with Crippen LogP contribution in [-0.2, 0) is 9.59 Å². The molecule has 5 heteroatoms. The van der Waals surface area contributed by atoms with E-state index in [2.05, 4.69) is 31.3 Å². The number of amides is 2. The van der Waals surface area contributed by atoms with E-state index in [1.807, 2.05) is 0 Å². The maximum absolute atomic E-state index is 10.9. The molecule has 3 N–H and O–H groups in total. The number of nitrogens with zero attached hydrogens (tertiary/aromatic N) is 1. The first-order chi connectivity index (χ1) is 7.30. The average molecular weight is 225 g/mol. The standard InChI is InChI=1S/C11H19N3O2/c1-7-4-8(6-11(2,3)5-7)13-14-10(16)9(12)15/h7H,4-6H2,1-3H3,(H2,12,15)(H,14,16)/b13-8-/t7-/m0/s1. The first kappa shape index (κ1) is 12.7. The van der Waals surface area contributed by atoms with Crippen LogP contribution in [0.4, 0.5) is 0 Å². The third-order valence-electron chi connectivity index (χ3n) is 2.71. The second-order valence-electron chi connectivity index (χ2n) is 5.34. The van der Waals surface area contributed by atoms with Gasteiger partial charge in [0.2, 0.25) is 0 Å². The molecule has 1 saturated carbocycles. The van der Waals surface area contributed by atoms with Gasteiger partial charge in [0.15, 0.2) is 0 Å². The first-order valence-electron chi connectivity index (χ1n) is 5.45. The molecule has 1 rings (SSSR count). The Morgan fingerprint density at radius 3 is 2.62 bits per heavy atom. The van der Waals surface area contributed by atoms with Gasteiger partial charge >= 0.3 is 11.8 Å². The SMILES string of the molecule is C[C@H]1C/C(=N/NC(=O)C(N)=O)CC(C)(C)C1. The van der Waals surface area contributed by atoms with Gasteiger partial charge in [0.1, 0.15) is 0 Å². The Kier molecular flexibility index (Phi) is 3.67. The summed E-state index contributed by atoms with van der Waals surface area (Å²) < 4.78 is 0. The number of hydrogen-bond donors (Lipinski definition) is 2. The zero-order chi connectivity index (χ0) is 12.3. The highest BCUT2D eigenvalue weighted by atomic mass is 16.2. The Hall–Kier alpha value is -1.39. The predicted octanol–water partition coefficient (Wildman–Crippen LogP) is 0.790. The molecule has 1 fully saturated rings. The van der Waals surface area contributed by atoms with E-state index in [-0.39, 0.29) is 5.41 Å². The summed E-state index contributed by atoms with van der Waals surface area (Å²) in [5.74, 6) is -1.32. The predicted molar refractivity (Wildman–Crippen MR) is 61.6 cm³/mol.